The Labute approximate surface area is 124 Å². The lowest BCUT2D eigenvalue weighted by molar-refractivity contribution is -0.133. The van der Waals surface area contributed by atoms with Crippen LogP contribution in [0.25, 0.3) is 0 Å². The van der Waals surface area contributed by atoms with Gasteiger partial charge >= 0.3 is 0 Å². The minimum Gasteiger partial charge on any atom is -0.378 e. The molecule has 1 aliphatic rings. The minimum absolute atomic E-state index is 0.0167. The molecule has 2 unspecified atom stereocenters. The highest BCUT2D eigenvalue weighted by Crippen LogP contribution is 2.20. The number of ether oxygens (including phenoxy) is 1. The van der Waals surface area contributed by atoms with Gasteiger partial charge in [0.05, 0.1) is 12.0 Å². The Balaban J connectivity index is 1.82. The van der Waals surface area contributed by atoms with Crippen LogP contribution in [-0.4, -0.2) is 31.1 Å². The lowest BCUT2D eigenvalue weighted by atomic mass is 9.94. The largest absolute Gasteiger partial charge is 0.378 e. The van der Waals surface area contributed by atoms with Gasteiger partial charge in [-0.05, 0) is 43.9 Å². The summed E-state index contributed by atoms with van der Waals surface area (Å²) >= 11 is 0. The van der Waals surface area contributed by atoms with E-state index >= 15 is 0 Å². The topological polar surface area (TPSA) is 81.4 Å². The maximum Gasteiger partial charge on any atom is 0.248 e. The van der Waals surface area contributed by atoms with E-state index in [1.165, 1.54) is 0 Å². The van der Waals surface area contributed by atoms with Crippen molar-refractivity contribution < 1.29 is 14.3 Å². The second-order valence-electron chi connectivity index (χ2n) is 5.43. The fourth-order valence-electron chi connectivity index (χ4n) is 2.61. The van der Waals surface area contributed by atoms with Gasteiger partial charge in [-0.3, -0.25) is 9.59 Å². The van der Waals surface area contributed by atoms with Crippen LogP contribution in [0, 0.1) is 5.92 Å². The zero-order chi connectivity index (χ0) is 15.2. The molecule has 1 aliphatic heterocycles. The van der Waals surface area contributed by atoms with Gasteiger partial charge in [0.2, 0.25) is 11.8 Å². The van der Waals surface area contributed by atoms with Gasteiger partial charge in [-0.15, -0.1) is 0 Å². The zero-order valence-corrected chi connectivity index (χ0v) is 12.3. The van der Waals surface area contributed by atoms with Gasteiger partial charge in [-0.25, -0.2) is 0 Å². The molecule has 1 fully saturated rings. The van der Waals surface area contributed by atoms with E-state index in [-0.39, 0.29) is 17.9 Å². The molecule has 1 aromatic carbocycles. The molecule has 5 heteroatoms. The summed E-state index contributed by atoms with van der Waals surface area (Å²) in [5.41, 5.74) is 6.73. The molecule has 114 valence electrons. The average molecular weight is 290 g/mol. The number of rotatable bonds is 5. The number of nitrogens with one attached hydrogen (secondary N) is 1. The van der Waals surface area contributed by atoms with E-state index in [9.17, 15) is 9.59 Å². The summed E-state index contributed by atoms with van der Waals surface area (Å²) < 4.78 is 5.51. The SMILES string of the molecule is CC1OCCCC1C(=O)NCCc1cccc(C(N)=O)c1. The molecule has 5 nitrogen and oxygen atoms in total. The number of amides is 2. The third-order valence-electron chi connectivity index (χ3n) is 3.87. The molecule has 1 aromatic rings. The van der Waals surface area contributed by atoms with Crippen LogP contribution in [0.2, 0.25) is 0 Å². The van der Waals surface area contributed by atoms with Crippen LogP contribution in [0.5, 0.6) is 0 Å². The number of nitrogens with two attached hydrogens (primary N) is 1. The Morgan fingerprint density at radius 2 is 2.24 bits per heavy atom. The van der Waals surface area contributed by atoms with Crippen molar-refractivity contribution in [2.24, 2.45) is 11.7 Å². The molecule has 1 heterocycles. The van der Waals surface area contributed by atoms with Gasteiger partial charge in [0.25, 0.3) is 0 Å². The Kier molecular flexibility index (Phi) is 5.33. The molecule has 3 N–H and O–H groups in total. The van der Waals surface area contributed by atoms with Crippen LogP contribution in [0.4, 0.5) is 0 Å². The smallest absolute Gasteiger partial charge is 0.248 e. The molecule has 2 rings (SSSR count). The normalized spacial score (nSPS) is 21.8. The van der Waals surface area contributed by atoms with Crippen molar-refractivity contribution in [3.8, 4) is 0 Å². The summed E-state index contributed by atoms with van der Waals surface area (Å²) in [4.78, 5) is 23.2. The predicted molar refractivity (Wildman–Crippen MR) is 79.8 cm³/mol. The van der Waals surface area contributed by atoms with Crippen molar-refractivity contribution in [2.45, 2.75) is 32.3 Å². The molecular weight excluding hydrogens is 268 g/mol. The van der Waals surface area contributed by atoms with Crippen LogP contribution in [-0.2, 0) is 16.0 Å². The van der Waals surface area contributed by atoms with Crippen molar-refractivity contribution in [1.29, 1.82) is 0 Å². The second kappa shape index (κ2) is 7.22. The van der Waals surface area contributed by atoms with E-state index in [2.05, 4.69) is 5.32 Å². The van der Waals surface area contributed by atoms with Crippen molar-refractivity contribution in [3.63, 3.8) is 0 Å². The molecule has 0 aromatic heterocycles. The van der Waals surface area contributed by atoms with Gasteiger partial charge < -0.3 is 15.8 Å². The van der Waals surface area contributed by atoms with E-state index in [0.717, 1.165) is 25.0 Å². The number of hydrogen-bond acceptors (Lipinski definition) is 3. The molecule has 2 amide bonds. The van der Waals surface area contributed by atoms with Gasteiger partial charge in [0.15, 0.2) is 0 Å². The van der Waals surface area contributed by atoms with Crippen LogP contribution in [0.15, 0.2) is 24.3 Å². The standard InChI is InChI=1S/C16H22N2O3/c1-11-14(6-3-9-21-11)16(20)18-8-7-12-4-2-5-13(10-12)15(17)19/h2,4-5,10-11,14H,3,6-9H2,1H3,(H2,17,19)(H,18,20). The molecule has 21 heavy (non-hydrogen) atoms. The summed E-state index contributed by atoms with van der Waals surface area (Å²) in [5.74, 6) is -0.446. The van der Waals surface area contributed by atoms with E-state index in [1.54, 1.807) is 18.2 Å². The molecule has 0 aliphatic carbocycles. The van der Waals surface area contributed by atoms with E-state index in [1.807, 2.05) is 13.0 Å². The van der Waals surface area contributed by atoms with Crippen molar-refractivity contribution in [1.82, 2.24) is 5.32 Å². The highest BCUT2D eigenvalue weighted by molar-refractivity contribution is 5.92. The van der Waals surface area contributed by atoms with E-state index in [0.29, 0.717) is 18.5 Å². The Hall–Kier alpha value is -1.88. The van der Waals surface area contributed by atoms with Gasteiger partial charge in [-0.2, -0.15) is 0 Å². The number of carbonyl (C=O) groups excluding carboxylic acids is 2. The Morgan fingerprint density at radius 1 is 1.43 bits per heavy atom. The monoisotopic (exact) mass is 290 g/mol. The zero-order valence-electron chi connectivity index (χ0n) is 12.3. The molecule has 0 radical (unpaired) electrons. The molecule has 1 saturated heterocycles. The summed E-state index contributed by atoms with van der Waals surface area (Å²) in [6, 6.07) is 7.17. The maximum absolute atomic E-state index is 12.1. The Morgan fingerprint density at radius 3 is 2.95 bits per heavy atom. The highest BCUT2D eigenvalue weighted by atomic mass is 16.5. The highest BCUT2D eigenvalue weighted by Gasteiger charge is 2.28. The van der Waals surface area contributed by atoms with Crippen LogP contribution in [0.1, 0.15) is 35.7 Å². The summed E-state index contributed by atoms with van der Waals surface area (Å²) in [6.07, 6.45) is 2.47. The molecule has 0 spiro atoms. The van der Waals surface area contributed by atoms with Crippen molar-refractivity contribution in [2.75, 3.05) is 13.2 Å². The fraction of sp³-hybridized carbons (Fsp3) is 0.500. The van der Waals surface area contributed by atoms with Crippen molar-refractivity contribution in [3.05, 3.63) is 35.4 Å². The summed E-state index contributed by atoms with van der Waals surface area (Å²) in [5, 5.41) is 2.94. The van der Waals surface area contributed by atoms with E-state index < -0.39 is 5.91 Å². The first-order valence-electron chi connectivity index (χ1n) is 7.36. The average Bonchev–Trinajstić information content (AvgIpc) is 2.48. The number of benzene rings is 1. The first-order chi connectivity index (χ1) is 10.1. The number of carbonyl (C=O) groups is 2. The lowest BCUT2D eigenvalue weighted by Gasteiger charge is -2.28. The number of primary amides is 1. The predicted octanol–water partition coefficient (Wildman–Crippen LogP) is 1.26. The van der Waals surface area contributed by atoms with Crippen LogP contribution < -0.4 is 11.1 Å². The maximum atomic E-state index is 12.1. The van der Waals surface area contributed by atoms with Crippen molar-refractivity contribution >= 4 is 11.8 Å². The van der Waals surface area contributed by atoms with Crippen LogP contribution in [0.3, 0.4) is 0 Å². The molecule has 0 bridgehead atoms. The first-order valence-corrected chi connectivity index (χ1v) is 7.36. The number of hydrogen-bond donors (Lipinski definition) is 2. The molecule has 0 saturated carbocycles. The summed E-state index contributed by atoms with van der Waals surface area (Å²) in [7, 11) is 0. The van der Waals surface area contributed by atoms with Gasteiger partial charge in [0, 0.05) is 18.7 Å². The second-order valence-corrected chi connectivity index (χ2v) is 5.43. The fourth-order valence-corrected chi connectivity index (χ4v) is 2.61. The van der Waals surface area contributed by atoms with Crippen LogP contribution >= 0.6 is 0 Å². The first kappa shape index (κ1) is 15.5. The third kappa shape index (κ3) is 4.29. The lowest BCUT2D eigenvalue weighted by Crippen LogP contribution is -2.40. The third-order valence-corrected chi connectivity index (χ3v) is 3.87. The minimum atomic E-state index is -0.436. The molecular formula is C16H22N2O3. The summed E-state index contributed by atoms with van der Waals surface area (Å²) in [6.45, 7) is 3.23. The van der Waals surface area contributed by atoms with Gasteiger partial charge in [-0.1, -0.05) is 12.1 Å². The van der Waals surface area contributed by atoms with E-state index in [4.69, 9.17) is 10.5 Å². The Bertz CT molecular complexity index is 516. The molecule has 2 atom stereocenters. The van der Waals surface area contributed by atoms with Gasteiger partial charge in [0.1, 0.15) is 0 Å². The quantitative estimate of drug-likeness (QED) is 0.856.